The quantitative estimate of drug-likeness (QED) is 0.749. The standard InChI is InChI=1S/C13H17N3O2/c14-11-3-1-10(2-4-11)13(18)15-6-8-16-7-5-12(17)9-16/h1-4H,5-9,14H2,(H,15,18). The Bertz CT molecular complexity index is 442. The Morgan fingerprint density at radius 3 is 2.67 bits per heavy atom. The van der Waals surface area contributed by atoms with E-state index >= 15 is 0 Å². The van der Waals surface area contributed by atoms with E-state index in [1.807, 2.05) is 4.90 Å². The van der Waals surface area contributed by atoms with Crippen LogP contribution in [0.15, 0.2) is 24.3 Å². The summed E-state index contributed by atoms with van der Waals surface area (Å²) in [6.45, 7) is 2.58. The highest BCUT2D eigenvalue weighted by atomic mass is 16.1. The molecule has 1 aliphatic rings. The molecule has 1 aliphatic heterocycles. The van der Waals surface area contributed by atoms with Crippen molar-refractivity contribution < 1.29 is 9.59 Å². The fourth-order valence-electron chi connectivity index (χ4n) is 1.95. The van der Waals surface area contributed by atoms with Gasteiger partial charge >= 0.3 is 0 Å². The molecule has 2 rings (SSSR count). The van der Waals surface area contributed by atoms with Crippen molar-refractivity contribution in [2.45, 2.75) is 6.42 Å². The summed E-state index contributed by atoms with van der Waals surface area (Å²) in [6.07, 6.45) is 0.631. The summed E-state index contributed by atoms with van der Waals surface area (Å²) in [5.74, 6) is 0.167. The topological polar surface area (TPSA) is 75.4 Å². The predicted molar refractivity (Wildman–Crippen MR) is 69.3 cm³/mol. The van der Waals surface area contributed by atoms with Gasteiger partial charge in [0.2, 0.25) is 0 Å². The summed E-state index contributed by atoms with van der Waals surface area (Å²) < 4.78 is 0. The third-order valence-electron chi connectivity index (χ3n) is 2.99. The number of Topliss-reactive ketones (excluding diaryl/α,β-unsaturated/α-hetero) is 1. The van der Waals surface area contributed by atoms with Crippen molar-refractivity contribution in [3.63, 3.8) is 0 Å². The van der Waals surface area contributed by atoms with Crippen LogP contribution in [0, 0.1) is 0 Å². The van der Waals surface area contributed by atoms with Gasteiger partial charge in [-0.3, -0.25) is 14.5 Å². The van der Waals surface area contributed by atoms with E-state index in [-0.39, 0.29) is 11.7 Å². The van der Waals surface area contributed by atoms with Crippen LogP contribution in [0.5, 0.6) is 0 Å². The monoisotopic (exact) mass is 247 g/mol. The highest BCUT2D eigenvalue weighted by Crippen LogP contribution is 2.05. The van der Waals surface area contributed by atoms with E-state index in [1.165, 1.54) is 0 Å². The molecule has 1 heterocycles. The van der Waals surface area contributed by atoms with E-state index in [1.54, 1.807) is 24.3 Å². The zero-order chi connectivity index (χ0) is 13.0. The van der Waals surface area contributed by atoms with Gasteiger partial charge in [0.05, 0.1) is 6.54 Å². The molecule has 96 valence electrons. The summed E-state index contributed by atoms with van der Waals surface area (Å²) >= 11 is 0. The molecule has 0 unspecified atom stereocenters. The molecule has 5 heteroatoms. The largest absolute Gasteiger partial charge is 0.399 e. The van der Waals surface area contributed by atoms with Crippen LogP contribution >= 0.6 is 0 Å². The maximum Gasteiger partial charge on any atom is 0.251 e. The van der Waals surface area contributed by atoms with Crippen LogP contribution < -0.4 is 11.1 Å². The SMILES string of the molecule is Nc1ccc(C(=O)NCCN2CCC(=O)C2)cc1. The molecule has 1 aromatic carbocycles. The highest BCUT2D eigenvalue weighted by molar-refractivity contribution is 5.94. The molecule has 1 saturated heterocycles. The number of carbonyl (C=O) groups excluding carboxylic acids is 2. The molecular formula is C13H17N3O2. The van der Waals surface area contributed by atoms with E-state index < -0.39 is 0 Å². The lowest BCUT2D eigenvalue weighted by Gasteiger charge is -2.13. The van der Waals surface area contributed by atoms with Crippen molar-refractivity contribution in [2.24, 2.45) is 0 Å². The van der Waals surface area contributed by atoms with Gasteiger partial charge in [-0.1, -0.05) is 0 Å². The lowest BCUT2D eigenvalue weighted by Crippen LogP contribution is -2.33. The van der Waals surface area contributed by atoms with E-state index in [9.17, 15) is 9.59 Å². The second-order valence-corrected chi connectivity index (χ2v) is 4.44. The smallest absolute Gasteiger partial charge is 0.251 e. The zero-order valence-electron chi connectivity index (χ0n) is 10.2. The van der Waals surface area contributed by atoms with Gasteiger partial charge in [0.1, 0.15) is 5.78 Å². The van der Waals surface area contributed by atoms with E-state index in [4.69, 9.17) is 5.73 Å². The number of nitrogens with zero attached hydrogens (tertiary/aromatic N) is 1. The lowest BCUT2D eigenvalue weighted by molar-refractivity contribution is -0.116. The number of rotatable bonds is 4. The summed E-state index contributed by atoms with van der Waals surface area (Å²) in [4.78, 5) is 24.9. The summed E-state index contributed by atoms with van der Waals surface area (Å²) in [6, 6.07) is 6.80. The Morgan fingerprint density at radius 1 is 1.33 bits per heavy atom. The molecule has 5 nitrogen and oxygen atoms in total. The highest BCUT2D eigenvalue weighted by Gasteiger charge is 2.18. The summed E-state index contributed by atoms with van der Waals surface area (Å²) in [5, 5.41) is 2.83. The molecule has 0 atom stereocenters. The van der Waals surface area contributed by atoms with Crippen LogP contribution in [0.1, 0.15) is 16.8 Å². The summed E-state index contributed by atoms with van der Waals surface area (Å²) in [5.41, 5.74) is 6.79. The number of likely N-dealkylation sites (tertiary alicyclic amines) is 1. The number of carbonyl (C=O) groups is 2. The number of ketones is 1. The predicted octanol–water partition coefficient (Wildman–Crippen LogP) is 0.273. The van der Waals surface area contributed by atoms with Gasteiger partial charge in [0.15, 0.2) is 0 Å². The van der Waals surface area contributed by atoms with Crippen LogP contribution in [-0.4, -0.2) is 42.8 Å². The van der Waals surface area contributed by atoms with Gasteiger partial charge in [-0.25, -0.2) is 0 Å². The molecule has 0 aromatic heterocycles. The minimum Gasteiger partial charge on any atom is -0.399 e. The minimum atomic E-state index is -0.111. The van der Waals surface area contributed by atoms with E-state index in [0.717, 1.165) is 6.54 Å². The van der Waals surface area contributed by atoms with E-state index in [0.29, 0.717) is 37.3 Å². The molecule has 0 saturated carbocycles. The first kappa shape index (κ1) is 12.6. The molecule has 1 aromatic rings. The van der Waals surface area contributed by atoms with Crippen molar-refractivity contribution in [3.05, 3.63) is 29.8 Å². The van der Waals surface area contributed by atoms with Crippen LogP contribution in [0.2, 0.25) is 0 Å². The van der Waals surface area contributed by atoms with Crippen molar-refractivity contribution in [1.29, 1.82) is 0 Å². The van der Waals surface area contributed by atoms with Crippen molar-refractivity contribution >= 4 is 17.4 Å². The molecule has 3 N–H and O–H groups in total. The Labute approximate surface area is 106 Å². The van der Waals surface area contributed by atoms with Crippen LogP contribution in [0.25, 0.3) is 0 Å². The van der Waals surface area contributed by atoms with Crippen LogP contribution in [-0.2, 0) is 4.79 Å². The Balaban J connectivity index is 1.75. The van der Waals surface area contributed by atoms with E-state index in [2.05, 4.69) is 5.32 Å². The van der Waals surface area contributed by atoms with Crippen molar-refractivity contribution in [2.75, 3.05) is 31.9 Å². The molecular weight excluding hydrogens is 230 g/mol. The number of hydrogen-bond acceptors (Lipinski definition) is 4. The van der Waals surface area contributed by atoms with Gasteiger partial charge in [-0.15, -0.1) is 0 Å². The fraction of sp³-hybridized carbons (Fsp3) is 0.385. The minimum absolute atomic E-state index is 0.111. The molecule has 18 heavy (non-hydrogen) atoms. The first-order chi connectivity index (χ1) is 8.65. The Hall–Kier alpha value is -1.88. The molecule has 0 bridgehead atoms. The maximum atomic E-state index is 11.8. The number of benzene rings is 1. The third-order valence-corrected chi connectivity index (χ3v) is 2.99. The van der Waals surface area contributed by atoms with Gasteiger partial charge in [0, 0.05) is 37.3 Å². The van der Waals surface area contributed by atoms with Crippen molar-refractivity contribution in [3.8, 4) is 0 Å². The number of amides is 1. The Kier molecular flexibility index (Phi) is 3.94. The second kappa shape index (κ2) is 5.64. The maximum absolute atomic E-state index is 11.8. The number of nitrogen functional groups attached to an aromatic ring is 1. The molecule has 0 radical (unpaired) electrons. The third kappa shape index (κ3) is 3.30. The molecule has 1 amide bonds. The summed E-state index contributed by atoms with van der Waals surface area (Å²) in [7, 11) is 0. The van der Waals surface area contributed by atoms with Crippen molar-refractivity contribution in [1.82, 2.24) is 10.2 Å². The molecule has 1 fully saturated rings. The fourth-order valence-corrected chi connectivity index (χ4v) is 1.95. The molecule has 0 aliphatic carbocycles. The molecule has 0 spiro atoms. The Morgan fingerprint density at radius 2 is 2.06 bits per heavy atom. The van der Waals surface area contributed by atoms with Crippen LogP contribution in [0.3, 0.4) is 0 Å². The zero-order valence-corrected chi connectivity index (χ0v) is 10.2. The van der Waals surface area contributed by atoms with Crippen LogP contribution in [0.4, 0.5) is 5.69 Å². The number of nitrogens with one attached hydrogen (secondary N) is 1. The number of anilines is 1. The van der Waals surface area contributed by atoms with Gasteiger partial charge in [-0.05, 0) is 24.3 Å². The lowest BCUT2D eigenvalue weighted by atomic mass is 10.2. The normalized spacial score (nSPS) is 15.9. The average molecular weight is 247 g/mol. The second-order valence-electron chi connectivity index (χ2n) is 4.44. The number of hydrogen-bond donors (Lipinski definition) is 2. The van der Waals surface area contributed by atoms with Gasteiger partial charge in [0.25, 0.3) is 5.91 Å². The average Bonchev–Trinajstić information content (AvgIpc) is 2.76. The first-order valence-electron chi connectivity index (χ1n) is 6.03. The number of nitrogens with two attached hydrogens (primary N) is 1. The van der Waals surface area contributed by atoms with Gasteiger partial charge < -0.3 is 11.1 Å². The first-order valence-corrected chi connectivity index (χ1v) is 6.03. The van der Waals surface area contributed by atoms with Gasteiger partial charge in [-0.2, -0.15) is 0 Å².